The highest BCUT2D eigenvalue weighted by Gasteiger charge is 2.33. The number of methoxy groups -OCH3 is 1. The van der Waals surface area contributed by atoms with Crippen molar-refractivity contribution in [1.82, 2.24) is 9.62 Å². The lowest BCUT2D eigenvalue weighted by Gasteiger charge is -2.20. The summed E-state index contributed by atoms with van der Waals surface area (Å²) in [5, 5.41) is 0. The Morgan fingerprint density at radius 1 is 1.36 bits per heavy atom. The minimum absolute atomic E-state index is 0.0157. The fourth-order valence-electron chi connectivity index (χ4n) is 2.83. The number of nitrogens with one attached hydrogen (secondary N) is 1. The predicted octanol–water partition coefficient (Wildman–Crippen LogP) is 1.84. The van der Waals surface area contributed by atoms with Crippen molar-refractivity contribution < 1.29 is 13.2 Å². The van der Waals surface area contributed by atoms with Gasteiger partial charge in [0.1, 0.15) is 5.75 Å². The van der Waals surface area contributed by atoms with Crippen LogP contribution in [0.15, 0.2) is 24.3 Å². The van der Waals surface area contributed by atoms with Crippen LogP contribution in [0, 0.1) is 5.92 Å². The molecule has 0 aliphatic carbocycles. The Labute approximate surface area is 133 Å². The summed E-state index contributed by atoms with van der Waals surface area (Å²) < 4.78 is 32.8. The first-order chi connectivity index (χ1) is 10.3. The highest BCUT2D eigenvalue weighted by molar-refractivity contribution is 7.88. The highest BCUT2D eigenvalue weighted by atomic mass is 32.2. The van der Waals surface area contributed by atoms with E-state index in [2.05, 4.69) is 30.4 Å². The fraction of sp³-hybridized carbons (Fsp3) is 0.625. The lowest BCUT2D eigenvalue weighted by Crippen LogP contribution is -2.41. The second-order valence-electron chi connectivity index (χ2n) is 6.36. The molecule has 0 bridgehead atoms. The number of likely N-dealkylation sites (tertiary alicyclic amines) is 1. The molecule has 1 aliphatic heterocycles. The van der Waals surface area contributed by atoms with Crippen LogP contribution < -0.4 is 9.46 Å². The summed E-state index contributed by atoms with van der Waals surface area (Å²) in [6.45, 7) is 8.08. The molecule has 1 aliphatic rings. The van der Waals surface area contributed by atoms with Crippen LogP contribution >= 0.6 is 0 Å². The van der Waals surface area contributed by atoms with Gasteiger partial charge in [-0.2, -0.15) is 0 Å². The average Bonchev–Trinajstić information content (AvgIpc) is 2.79. The molecular weight excluding hydrogens is 300 g/mol. The van der Waals surface area contributed by atoms with Crippen LogP contribution in [-0.2, 0) is 15.8 Å². The van der Waals surface area contributed by atoms with Crippen LogP contribution in [-0.4, -0.2) is 45.6 Å². The first kappa shape index (κ1) is 17.2. The molecule has 0 spiro atoms. The van der Waals surface area contributed by atoms with Crippen LogP contribution in [0.1, 0.15) is 26.3 Å². The molecule has 1 fully saturated rings. The summed E-state index contributed by atoms with van der Waals surface area (Å²) in [6, 6.07) is 7.61. The SMILES string of the molecule is COc1cccc(CS(=O)(=O)N[C@@H]2CN(C(C)C)C[C@@H]2C)c1. The van der Waals surface area contributed by atoms with Crippen LogP contribution in [0.3, 0.4) is 0 Å². The maximum Gasteiger partial charge on any atom is 0.216 e. The van der Waals surface area contributed by atoms with Crippen molar-refractivity contribution in [2.24, 2.45) is 5.92 Å². The van der Waals surface area contributed by atoms with E-state index in [-0.39, 0.29) is 11.8 Å². The predicted molar refractivity (Wildman–Crippen MR) is 88.4 cm³/mol. The Balaban J connectivity index is 2.02. The quantitative estimate of drug-likeness (QED) is 0.867. The third kappa shape index (κ3) is 4.44. The molecule has 1 saturated heterocycles. The van der Waals surface area contributed by atoms with Crippen molar-refractivity contribution in [3.8, 4) is 5.75 Å². The van der Waals surface area contributed by atoms with Crippen LogP contribution in [0.2, 0.25) is 0 Å². The van der Waals surface area contributed by atoms with Crippen LogP contribution in [0.4, 0.5) is 0 Å². The summed E-state index contributed by atoms with van der Waals surface area (Å²) in [6.07, 6.45) is 0. The molecule has 0 aromatic heterocycles. The summed E-state index contributed by atoms with van der Waals surface area (Å²) in [5.41, 5.74) is 0.734. The standard InChI is InChI=1S/C16H26N2O3S/c1-12(2)18-9-13(3)16(10-18)17-22(19,20)11-14-6-5-7-15(8-14)21-4/h5-8,12-13,16-17H,9-11H2,1-4H3/t13-,16+/m0/s1. The van der Waals surface area contributed by atoms with E-state index >= 15 is 0 Å². The molecule has 1 aromatic rings. The third-order valence-electron chi connectivity index (χ3n) is 4.19. The van der Waals surface area contributed by atoms with Gasteiger partial charge in [0.25, 0.3) is 0 Å². The molecule has 0 radical (unpaired) electrons. The molecule has 0 unspecified atom stereocenters. The van der Waals surface area contributed by atoms with Gasteiger partial charge in [0.05, 0.1) is 12.9 Å². The molecule has 0 amide bonds. The summed E-state index contributed by atoms with van der Waals surface area (Å²) >= 11 is 0. The average molecular weight is 326 g/mol. The second kappa shape index (κ2) is 6.98. The van der Waals surface area contributed by atoms with Gasteiger partial charge in [-0.3, -0.25) is 4.90 Å². The van der Waals surface area contributed by atoms with Crippen molar-refractivity contribution >= 4 is 10.0 Å². The van der Waals surface area contributed by atoms with Gasteiger partial charge < -0.3 is 4.74 Å². The molecule has 124 valence electrons. The molecule has 6 heteroatoms. The molecule has 1 N–H and O–H groups in total. The molecule has 1 heterocycles. The summed E-state index contributed by atoms with van der Waals surface area (Å²) in [4.78, 5) is 2.31. The normalized spacial score (nSPS) is 23.1. The van der Waals surface area contributed by atoms with E-state index in [9.17, 15) is 8.42 Å². The van der Waals surface area contributed by atoms with Crippen LogP contribution in [0.5, 0.6) is 5.75 Å². The smallest absolute Gasteiger partial charge is 0.216 e. The molecular formula is C16H26N2O3S. The van der Waals surface area contributed by atoms with Gasteiger partial charge in [-0.25, -0.2) is 13.1 Å². The molecule has 22 heavy (non-hydrogen) atoms. The van der Waals surface area contributed by atoms with E-state index in [1.165, 1.54) is 0 Å². The topological polar surface area (TPSA) is 58.6 Å². The Hall–Kier alpha value is -1.11. The fourth-order valence-corrected chi connectivity index (χ4v) is 4.30. The minimum Gasteiger partial charge on any atom is -0.497 e. The second-order valence-corrected chi connectivity index (χ2v) is 8.11. The van der Waals surface area contributed by atoms with Gasteiger partial charge in [0.2, 0.25) is 10.0 Å². The van der Waals surface area contributed by atoms with E-state index in [0.717, 1.165) is 18.7 Å². The van der Waals surface area contributed by atoms with E-state index in [4.69, 9.17) is 4.74 Å². The third-order valence-corrected chi connectivity index (χ3v) is 5.57. The highest BCUT2D eigenvalue weighted by Crippen LogP contribution is 2.20. The number of rotatable bonds is 6. The Bertz CT molecular complexity index is 601. The number of hydrogen-bond donors (Lipinski definition) is 1. The molecule has 2 rings (SSSR count). The van der Waals surface area contributed by atoms with E-state index < -0.39 is 10.0 Å². The minimum atomic E-state index is -3.36. The van der Waals surface area contributed by atoms with E-state index in [0.29, 0.717) is 17.7 Å². The Morgan fingerprint density at radius 3 is 2.68 bits per heavy atom. The molecule has 0 saturated carbocycles. The monoisotopic (exact) mass is 326 g/mol. The van der Waals surface area contributed by atoms with Crippen molar-refractivity contribution in [3.63, 3.8) is 0 Å². The maximum atomic E-state index is 12.4. The van der Waals surface area contributed by atoms with E-state index in [1.807, 2.05) is 12.1 Å². The van der Waals surface area contributed by atoms with Gasteiger partial charge in [-0.15, -0.1) is 0 Å². The first-order valence-corrected chi connectivity index (χ1v) is 9.33. The zero-order valence-electron chi connectivity index (χ0n) is 13.7. The van der Waals surface area contributed by atoms with Gasteiger partial charge in [0, 0.05) is 25.2 Å². The number of sulfonamides is 1. The van der Waals surface area contributed by atoms with Crippen molar-refractivity contribution in [3.05, 3.63) is 29.8 Å². The van der Waals surface area contributed by atoms with Gasteiger partial charge in [-0.1, -0.05) is 19.1 Å². The lowest BCUT2D eigenvalue weighted by atomic mass is 10.1. The zero-order valence-corrected chi connectivity index (χ0v) is 14.6. The van der Waals surface area contributed by atoms with Gasteiger partial charge in [-0.05, 0) is 37.5 Å². The van der Waals surface area contributed by atoms with E-state index in [1.54, 1.807) is 19.2 Å². The van der Waals surface area contributed by atoms with Crippen molar-refractivity contribution in [1.29, 1.82) is 0 Å². The van der Waals surface area contributed by atoms with Gasteiger partial charge >= 0.3 is 0 Å². The first-order valence-electron chi connectivity index (χ1n) is 7.67. The number of benzene rings is 1. The molecule has 1 aromatic carbocycles. The maximum absolute atomic E-state index is 12.4. The Kier molecular flexibility index (Phi) is 5.47. The summed E-state index contributed by atoms with van der Waals surface area (Å²) in [7, 11) is -1.78. The largest absolute Gasteiger partial charge is 0.497 e. The van der Waals surface area contributed by atoms with Crippen molar-refractivity contribution in [2.75, 3.05) is 20.2 Å². The number of nitrogens with zero attached hydrogens (tertiary/aromatic N) is 1. The zero-order chi connectivity index (χ0) is 16.3. The summed E-state index contributed by atoms with van der Waals surface area (Å²) in [5.74, 6) is 0.977. The molecule has 5 nitrogen and oxygen atoms in total. The molecule has 2 atom stereocenters. The Morgan fingerprint density at radius 2 is 2.09 bits per heavy atom. The van der Waals surface area contributed by atoms with Crippen molar-refractivity contribution in [2.45, 2.75) is 38.6 Å². The van der Waals surface area contributed by atoms with Gasteiger partial charge in [0.15, 0.2) is 0 Å². The number of ether oxygens (including phenoxy) is 1. The number of hydrogen-bond acceptors (Lipinski definition) is 4. The van der Waals surface area contributed by atoms with Crippen LogP contribution in [0.25, 0.3) is 0 Å². The lowest BCUT2D eigenvalue weighted by molar-refractivity contribution is 0.265.